The van der Waals surface area contributed by atoms with Gasteiger partial charge in [0.15, 0.2) is 11.6 Å². The summed E-state index contributed by atoms with van der Waals surface area (Å²) in [5.74, 6) is -0.999. The molecule has 0 aromatic heterocycles. The zero-order chi connectivity index (χ0) is 22.1. The lowest BCUT2D eigenvalue weighted by molar-refractivity contribution is 0.102. The minimum atomic E-state index is -1.02. The second kappa shape index (κ2) is 12.3. The van der Waals surface area contributed by atoms with Crippen molar-refractivity contribution in [3.63, 3.8) is 0 Å². The number of carbonyl (C=O) groups excluding carboxylic acids is 1. The van der Waals surface area contributed by atoms with Crippen LogP contribution in [-0.4, -0.2) is 22.9 Å². The van der Waals surface area contributed by atoms with Crippen molar-refractivity contribution in [2.24, 2.45) is 5.92 Å². The zero-order valence-corrected chi connectivity index (χ0v) is 18.8. The van der Waals surface area contributed by atoms with Crippen LogP contribution in [0.2, 0.25) is 5.02 Å². The van der Waals surface area contributed by atoms with E-state index in [2.05, 4.69) is 19.2 Å². The molecular formula is C23H28ClF2NO2S. The molecule has 3 nitrogen and oxygen atoms in total. The zero-order valence-electron chi connectivity index (χ0n) is 17.3. The summed E-state index contributed by atoms with van der Waals surface area (Å²) in [4.78, 5) is 13.2. The summed E-state index contributed by atoms with van der Waals surface area (Å²) in [6, 6.07) is 8.18. The van der Waals surface area contributed by atoms with Crippen molar-refractivity contribution in [2.75, 3.05) is 11.1 Å². The molecule has 0 bridgehead atoms. The lowest BCUT2D eigenvalue weighted by Gasteiger charge is -2.25. The highest BCUT2D eigenvalue weighted by Gasteiger charge is 2.20. The van der Waals surface area contributed by atoms with Crippen LogP contribution in [0.25, 0.3) is 0 Å². The number of carbonyl (C=O) groups is 1. The number of amides is 1. The minimum absolute atomic E-state index is 0.182. The number of nitrogens with one attached hydrogen (secondary N) is 1. The minimum Gasteiger partial charge on any atom is -0.393 e. The van der Waals surface area contributed by atoms with Crippen LogP contribution in [0.15, 0.2) is 41.3 Å². The lowest BCUT2D eigenvalue weighted by Crippen LogP contribution is -2.19. The highest BCUT2D eigenvalue weighted by Crippen LogP contribution is 2.34. The van der Waals surface area contributed by atoms with E-state index < -0.39 is 17.5 Å². The van der Waals surface area contributed by atoms with Crippen molar-refractivity contribution in [3.8, 4) is 0 Å². The third-order valence-electron chi connectivity index (χ3n) is 4.66. The van der Waals surface area contributed by atoms with Crippen molar-refractivity contribution >= 4 is 35.0 Å². The standard InChI is InChI=1S/C20H20ClF2NO2S.C3H8/c21-16-7-3-13(20(26)24-14-4-8-17(22)18(23)10-14)9-19(16)27-11-12-1-5-15(25)6-2-12;1-3-2/h3-4,7-10,12,15,25H,1-2,5-6,11H2,(H,24,26);3H2,1-2H3. The molecule has 164 valence electrons. The average Bonchev–Trinajstić information content (AvgIpc) is 2.72. The largest absolute Gasteiger partial charge is 0.393 e. The van der Waals surface area contributed by atoms with Gasteiger partial charge in [0.1, 0.15) is 0 Å². The summed E-state index contributed by atoms with van der Waals surface area (Å²) in [5, 5.41) is 12.7. The van der Waals surface area contributed by atoms with E-state index in [1.165, 1.54) is 12.5 Å². The molecule has 0 spiro atoms. The Kier molecular flexibility index (Phi) is 10.1. The Morgan fingerprint density at radius 3 is 2.40 bits per heavy atom. The van der Waals surface area contributed by atoms with Gasteiger partial charge in [0.25, 0.3) is 5.91 Å². The van der Waals surface area contributed by atoms with Gasteiger partial charge in [0.05, 0.1) is 11.1 Å². The topological polar surface area (TPSA) is 49.3 Å². The maximum absolute atomic E-state index is 13.3. The molecule has 1 saturated carbocycles. The Morgan fingerprint density at radius 2 is 1.77 bits per heavy atom. The Morgan fingerprint density at radius 1 is 1.10 bits per heavy atom. The van der Waals surface area contributed by atoms with E-state index in [1.807, 2.05) is 0 Å². The smallest absolute Gasteiger partial charge is 0.255 e. The van der Waals surface area contributed by atoms with Gasteiger partial charge in [-0.3, -0.25) is 4.79 Å². The van der Waals surface area contributed by atoms with Crippen LogP contribution >= 0.6 is 23.4 Å². The molecule has 0 saturated heterocycles. The molecule has 0 radical (unpaired) electrons. The number of hydrogen-bond donors (Lipinski definition) is 2. The predicted octanol–water partition coefficient (Wildman–Crippen LogP) is 6.93. The monoisotopic (exact) mass is 455 g/mol. The Bertz CT molecular complexity index is 842. The number of hydrogen-bond acceptors (Lipinski definition) is 3. The number of halogens is 3. The molecule has 1 fully saturated rings. The summed E-state index contributed by atoms with van der Waals surface area (Å²) >= 11 is 7.85. The highest BCUT2D eigenvalue weighted by atomic mass is 35.5. The molecule has 0 unspecified atom stereocenters. The fraction of sp³-hybridized carbons (Fsp3) is 0.435. The molecule has 1 aliphatic carbocycles. The van der Waals surface area contributed by atoms with Gasteiger partial charge >= 0.3 is 0 Å². The summed E-state index contributed by atoms with van der Waals surface area (Å²) < 4.78 is 26.3. The first-order valence-corrected chi connectivity index (χ1v) is 11.6. The number of benzene rings is 2. The Balaban J connectivity index is 0.00000101. The molecule has 3 rings (SSSR count). The van der Waals surface area contributed by atoms with Gasteiger partial charge in [-0.05, 0) is 61.9 Å². The number of aliphatic hydroxyl groups is 1. The molecule has 1 aliphatic rings. The predicted molar refractivity (Wildman–Crippen MR) is 120 cm³/mol. The normalized spacial score (nSPS) is 18.3. The number of anilines is 1. The van der Waals surface area contributed by atoms with E-state index in [-0.39, 0.29) is 11.8 Å². The first-order valence-electron chi connectivity index (χ1n) is 10.2. The van der Waals surface area contributed by atoms with Crippen molar-refractivity contribution in [1.82, 2.24) is 0 Å². The Labute approximate surface area is 186 Å². The molecule has 0 aliphatic heterocycles. The first-order chi connectivity index (χ1) is 14.3. The van der Waals surface area contributed by atoms with Crippen LogP contribution in [0.4, 0.5) is 14.5 Å². The summed E-state index contributed by atoms with van der Waals surface area (Å²) in [6.07, 6.45) is 4.70. The van der Waals surface area contributed by atoms with E-state index in [4.69, 9.17) is 11.6 Å². The third kappa shape index (κ3) is 7.56. The first kappa shape index (κ1) is 24.6. The molecule has 2 N–H and O–H groups in total. The van der Waals surface area contributed by atoms with Gasteiger partial charge in [-0.15, -0.1) is 11.8 Å². The van der Waals surface area contributed by atoms with Gasteiger partial charge in [0, 0.05) is 28.0 Å². The van der Waals surface area contributed by atoms with Crippen LogP contribution in [-0.2, 0) is 0 Å². The van der Waals surface area contributed by atoms with E-state index >= 15 is 0 Å². The van der Waals surface area contributed by atoms with Crippen LogP contribution in [0.1, 0.15) is 56.3 Å². The quantitative estimate of drug-likeness (QED) is 0.480. The fourth-order valence-electron chi connectivity index (χ4n) is 3.05. The number of rotatable bonds is 5. The summed E-state index contributed by atoms with van der Waals surface area (Å²) in [5.41, 5.74) is 0.578. The SMILES string of the molecule is CCC.O=C(Nc1ccc(F)c(F)c1)c1ccc(Cl)c(SCC2CCC(O)CC2)c1. The van der Waals surface area contributed by atoms with Gasteiger partial charge in [-0.25, -0.2) is 8.78 Å². The average molecular weight is 456 g/mol. The molecule has 0 atom stereocenters. The maximum Gasteiger partial charge on any atom is 0.255 e. The number of aliphatic hydroxyl groups excluding tert-OH is 1. The second-order valence-electron chi connectivity index (χ2n) is 7.42. The molecular weight excluding hydrogens is 428 g/mol. The summed E-state index contributed by atoms with van der Waals surface area (Å²) in [7, 11) is 0. The Hall–Kier alpha value is -1.63. The van der Waals surface area contributed by atoms with Crippen LogP contribution in [0.3, 0.4) is 0 Å². The van der Waals surface area contributed by atoms with Crippen molar-refractivity contribution < 1.29 is 18.7 Å². The summed E-state index contributed by atoms with van der Waals surface area (Å²) in [6.45, 7) is 4.25. The van der Waals surface area contributed by atoms with E-state index in [1.54, 1.807) is 30.0 Å². The molecule has 0 heterocycles. The lowest BCUT2D eigenvalue weighted by atomic mass is 9.89. The number of thioether (sulfide) groups is 1. The fourth-order valence-corrected chi connectivity index (χ4v) is 4.50. The van der Waals surface area contributed by atoms with Gasteiger partial charge in [-0.2, -0.15) is 0 Å². The molecule has 30 heavy (non-hydrogen) atoms. The van der Waals surface area contributed by atoms with E-state index in [0.717, 1.165) is 48.5 Å². The van der Waals surface area contributed by atoms with E-state index in [0.29, 0.717) is 16.5 Å². The molecule has 7 heteroatoms. The highest BCUT2D eigenvalue weighted by molar-refractivity contribution is 7.99. The van der Waals surface area contributed by atoms with Gasteiger partial charge in [0.2, 0.25) is 0 Å². The van der Waals surface area contributed by atoms with Gasteiger partial charge in [-0.1, -0.05) is 31.9 Å². The third-order valence-corrected chi connectivity index (χ3v) is 6.39. The van der Waals surface area contributed by atoms with E-state index in [9.17, 15) is 18.7 Å². The van der Waals surface area contributed by atoms with Crippen LogP contribution in [0.5, 0.6) is 0 Å². The molecule has 2 aromatic carbocycles. The maximum atomic E-state index is 13.3. The second-order valence-corrected chi connectivity index (χ2v) is 8.89. The van der Waals surface area contributed by atoms with Crippen molar-refractivity contribution in [2.45, 2.75) is 57.0 Å². The van der Waals surface area contributed by atoms with Crippen LogP contribution in [0, 0.1) is 17.6 Å². The van der Waals surface area contributed by atoms with Crippen LogP contribution < -0.4 is 5.32 Å². The molecule has 2 aromatic rings. The van der Waals surface area contributed by atoms with Gasteiger partial charge < -0.3 is 10.4 Å². The molecule has 1 amide bonds. The van der Waals surface area contributed by atoms with Crippen molar-refractivity contribution in [1.29, 1.82) is 0 Å². The van der Waals surface area contributed by atoms with Crippen molar-refractivity contribution in [3.05, 3.63) is 58.6 Å².